The third-order valence-corrected chi connectivity index (χ3v) is 4.04. The van der Waals surface area contributed by atoms with Gasteiger partial charge in [-0.15, -0.1) is 0 Å². The highest BCUT2D eigenvalue weighted by atomic mass is 79.9. The predicted octanol–water partition coefficient (Wildman–Crippen LogP) is -0.366. The summed E-state index contributed by atoms with van der Waals surface area (Å²) in [4.78, 5) is 24.6. The largest absolute Gasteiger partial charge is 1.00 e. The van der Waals surface area contributed by atoms with Crippen molar-refractivity contribution >= 4 is 17.9 Å². The molecule has 2 aromatic carbocycles. The minimum Gasteiger partial charge on any atom is -1.00 e. The van der Waals surface area contributed by atoms with Crippen LogP contribution in [-0.4, -0.2) is 25.0 Å². The standard InChI is InChI=1S/C22H19N3O3.BrH/c1-28-20-11-9-17(10-12-20)14-23-24-22(27)19-8-5-13-25(15-19)16-21(26)18-6-3-2-4-7-18;/h2-15H,16H2,1H3;1H/b23-14+;. The highest BCUT2D eigenvalue weighted by Gasteiger charge is 2.14. The average Bonchev–Trinajstić information content (AvgIpc) is 2.75. The lowest BCUT2D eigenvalue weighted by atomic mass is 10.1. The molecule has 0 bridgehead atoms. The smallest absolute Gasteiger partial charge is 0.277 e. The molecule has 3 aromatic rings. The van der Waals surface area contributed by atoms with Gasteiger partial charge in [0, 0.05) is 11.6 Å². The van der Waals surface area contributed by atoms with Gasteiger partial charge in [0.05, 0.1) is 13.3 Å². The summed E-state index contributed by atoms with van der Waals surface area (Å²) < 4.78 is 6.77. The van der Waals surface area contributed by atoms with E-state index in [9.17, 15) is 9.59 Å². The summed E-state index contributed by atoms with van der Waals surface area (Å²) in [5, 5.41) is 3.97. The van der Waals surface area contributed by atoms with E-state index < -0.39 is 0 Å². The maximum atomic E-state index is 12.3. The Kier molecular flexibility index (Phi) is 8.24. The number of pyridine rings is 1. The SMILES string of the molecule is COc1ccc(/C=N/NC(=O)c2ccc[n+](CC(=O)c3ccccc3)c2)cc1.[Br-]. The molecular weight excluding hydrogens is 434 g/mol. The third kappa shape index (κ3) is 6.36. The topological polar surface area (TPSA) is 71.6 Å². The van der Waals surface area contributed by atoms with Crippen molar-refractivity contribution in [1.82, 2.24) is 5.43 Å². The number of ether oxygens (including phenoxy) is 1. The number of carbonyl (C=O) groups is 2. The van der Waals surface area contributed by atoms with Gasteiger partial charge in [0.2, 0.25) is 12.3 Å². The number of rotatable bonds is 7. The van der Waals surface area contributed by atoms with E-state index in [1.165, 1.54) is 0 Å². The van der Waals surface area contributed by atoms with Gasteiger partial charge in [-0.2, -0.15) is 9.67 Å². The molecule has 0 aliphatic rings. The molecular formula is C22H20BrN3O3. The maximum Gasteiger partial charge on any atom is 0.277 e. The molecule has 0 unspecified atom stereocenters. The second-order valence-electron chi connectivity index (χ2n) is 6.03. The fourth-order valence-electron chi connectivity index (χ4n) is 2.56. The van der Waals surface area contributed by atoms with Gasteiger partial charge in [-0.1, -0.05) is 30.3 Å². The Hall–Kier alpha value is -3.32. The van der Waals surface area contributed by atoms with Crippen molar-refractivity contribution in [1.29, 1.82) is 0 Å². The monoisotopic (exact) mass is 453 g/mol. The number of amides is 1. The zero-order chi connectivity index (χ0) is 19.8. The Morgan fingerprint density at radius 1 is 1.00 bits per heavy atom. The van der Waals surface area contributed by atoms with Gasteiger partial charge >= 0.3 is 0 Å². The second kappa shape index (κ2) is 10.9. The average molecular weight is 454 g/mol. The number of hydrazone groups is 1. The van der Waals surface area contributed by atoms with Crippen LogP contribution in [0.3, 0.4) is 0 Å². The summed E-state index contributed by atoms with van der Waals surface area (Å²) in [5.74, 6) is 0.368. The zero-order valence-electron chi connectivity index (χ0n) is 15.8. The van der Waals surface area contributed by atoms with E-state index in [-0.39, 0.29) is 35.2 Å². The number of nitrogens with zero attached hydrogens (tertiary/aromatic N) is 2. The lowest BCUT2D eigenvalue weighted by Crippen LogP contribution is -3.00. The highest BCUT2D eigenvalue weighted by molar-refractivity contribution is 5.95. The second-order valence-corrected chi connectivity index (χ2v) is 6.03. The minimum absolute atomic E-state index is 0. The molecule has 0 aliphatic carbocycles. The Morgan fingerprint density at radius 2 is 1.69 bits per heavy atom. The molecule has 6 nitrogen and oxygen atoms in total. The molecule has 1 aromatic heterocycles. The lowest BCUT2D eigenvalue weighted by Gasteiger charge is -2.01. The van der Waals surface area contributed by atoms with Crippen LogP contribution in [0.25, 0.3) is 0 Å². The fourth-order valence-corrected chi connectivity index (χ4v) is 2.56. The number of carbonyl (C=O) groups excluding carboxylic acids is 2. The summed E-state index contributed by atoms with van der Waals surface area (Å²) in [6.07, 6.45) is 4.92. The number of benzene rings is 2. The van der Waals surface area contributed by atoms with Crippen molar-refractivity contribution < 1.29 is 35.9 Å². The van der Waals surface area contributed by atoms with Gasteiger partial charge in [0.1, 0.15) is 11.3 Å². The number of hydrogen-bond acceptors (Lipinski definition) is 4. The number of halogens is 1. The summed E-state index contributed by atoms with van der Waals surface area (Å²) in [7, 11) is 1.60. The fraction of sp³-hybridized carbons (Fsp3) is 0.0909. The summed E-state index contributed by atoms with van der Waals surface area (Å²) >= 11 is 0. The van der Waals surface area contributed by atoms with Crippen LogP contribution in [0, 0.1) is 0 Å². The Bertz CT molecular complexity index is 990. The molecule has 0 radical (unpaired) electrons. The van der Waals surface area contributed by atoms with Gasteiger partial charge in [-0.3, -0.25) is 9.59 Å². The van der Waals surface area contributed by atoms with Gasteiger partial charge in [-0.25, -0.2) is 5.43 Å². The van der Waals surface area contributed by atoms with E-state index >= 15 is 0 Å². The van der Waals surface area contributed by atoms with Gasteiger partial charge in [-0.05, 0) is 35.9 Å². The number of Topliss-reactive ketones (excluding diaryl/α,β-unsaturated/α-hetero) is 1. The first-order chi connectivity index (χ1) is 13.7. The normalized spacial score (nSPS) is 10.2. The van der Waals surface area contributed by atoms with E-state index in [0.717, 1.165) is 11.3 Å². The van der Waals surface area contributed by atoms with E-state index in [1.807, 2.05) is 42.5 Å². The zero-order valence-corrected chi connectivity index (χ0v) is 17.4. The Morgan fingerprint density at radius 3 is 2.38 bits per heavy atom. The summed E-state index contributed by atoms with van der Waals surface area (Å²) in [6, 6.07) is 19.7. The molecule has 7 heteroatoms. The lowest BCUT2D eigenvalue weighted by molar-refractivity contribution is -0.683. The quantitative estimate of drug-likeness (QED) is 0.229. The van der Waals surface area contributed by atoms with Crippen LogP contribution in [0.5, 0.6) is 5.75 Å². The van der Waals surface area contributed by atoms with Crippen LogP contribution in [0.15, 0.2) is 84.2 Å². The molecule has 1 N–H and O–H groups in total. The molecule has 148 valence electrons. The highest BCUT2D eigenvalue weighted by Crippen LogP contribution is 2.09. The van der Waals surface area contributed by atoms with E-state index in [0.29, 0.717) is 11.1 Å². The van der Waals surface area contributed by atoms with Crippen molar-refractivity contribution in [2.45, 2.75) is 6.54 Å². The molecule has 0 atom stereocenters. The summed E-state index contributed by atoms with van der Waals surface area (Å²) in [5.41, 5.74) is 4.37. The van der Waals surface area contributed by atoms with Crippen molar-refractivity contribution in [3.8, 4) is 5.75 Å². The van der Waals surface area contributed by atoms with Gasteiger partial charge in [0.25, 0.3) is 5.91 Å². The van der Waals surface area contributed by atoms with Crippen molar-refractivity contribution in [3.05, 3.63) is 95.8 Å². The maximum absolute atomic E-state index is 12.3. The van der Waals surface area contributed by atoms with Crippen LogP contribution >= 0.6 is 0 Å². The molecule has 3 rings (SSSR count). The van der Waals surface area contributed by atoms with E-state index in [1.54, 1.807) is 54.6 Å². The molecule has 0 fully saturated rings. The molecule has 29 heavy (non-hydrogen) atoms. The molecule has 0 spiro atoms. The van der Waals surface area contributed by atoms with Crippen LogP contribution < -0.4 is 31.7 Å². The Labute approximate surface area is 179 Å². The predicted molar refractivity (Wildman–Crippen MR) is 105 cm³/mol. The van der Waals surface area contributed by atoms with Crippen LogP contribution in [0.2, 0.25) is 0 Å². The molecule has 1 amide bonds. The van der Waals surface area contributed by atoms with Gasteiger partial charge in [0.15, 0.2) is 12.4 Å². The van der Waals surface area contributed by atoms with E-state index in [2.05, 4.69) is 10.5 Å². The van der Waals surface area contributed by atoms with Crippen LogP contribution in [0.1, 0.15) is 26.3 Å². The van der Waals surface area contributed by atoms with Gasteiger partial charge < -0.3 is 21.7 Å². The minimum atomic E-state index is -0.355. The van der Waals surface area contributed by atoms with Crippen molar-refractivity contribution in [3.63, 3.8) is 0 Å². The number of aromatic nitrogens is 1. The molecule has 0 aliphatic heterocycles. The first-order valence-electron chi connectivity index (χ1n) is 8.70. The first-order valence-corrected chi connectivity index (χ1v) is 8.70. The van der Waals surface area contributed by atoms with Crippen LogP contribution in [0.4, 0.5) is 0 Å². The van der Waals surface area contributed by atoms with Crippen molar-refractivity contribution in [2.75, 3.05) is 7.11 Å². The van der Waals surface area contributed by atoms with Crippen LogP contribution in [-0.2, 0) is 6.54 Å². The molecule has 0 saturated heterocycles. The molecule has 1 heterocycles. The Balaban J connectivity index is 0.00000300. The van der Waals surface area contributed by atoms with E-state index in [4.69, 9.17) is 4.74 Å². The molecule has 0 saturated carbocycles. The van der Waals surface area contributed by atoms with Crippen molar-refractivity contribution in [2.24, 2.45) is 5.10 Å². The number of methoxy groups -OCH3 is 1. The third-order valence-electron chi connectivity index (χ3n) is 4.04. The first kappa shape index (κ1) is 22.0. The summed E-state index contributed by atoms with van der Waals surface area (Å²) in [6.45, 7) is 0.153. The number of hydrogen-bond donors (Lipinski definition) is 1. The number of nitrogens with one attached hydrogen (secondary N) is 1. The number of ketones is 1.